The Balaban J connectivity index is 2.65. The molecule has 0 aromatic heterocycles. The van der Waals surface area contributed by atoms with Crippen LogP contribution < -0.4 is 10.6 Å². The maximum atomic E-state index is 11.8. The summed E-state index contributed by atoms with van der Waals surface area (Å²) in [5.74, 6) is -1.63. The minimum Gasteiger partial charge on any atom is -0.507 e. The number of hydrogen-bond acceptors (Lipinski definition) is 4. The van der Waals surface area contributed by atoms with Gasteiger partial charge in [0.05, 0.1) is 12.6 Å². The highest BCUT2D eigenvalue weighted by Gasteiger charge is 2.13. The van der Waals surface area contributed by atoms with Gasteiger partial charge in [0, 0.05) is 18.9 Å². The van der Waals surface area contributed by atoms with Crippen molar-refractivity contribution in [2.24, 2.45) is 0 Å². The van der Waals surface area contributed by atoms with Crippen LogP contribution in [0.5, 0.6) is 5.75 Å². The molecule has 0 fully saturated rings. The molecule has 0 saturated carbocycles. The second-order valence-electron chi connectivity index (χ2n) is 4.58. The molecule has 0 aliphatic rings. The molecule has 1 aromatic rings. The van der Waals surface area contributed by atoms with Gasteiger partial charge in [0.25, 0.3) is 0 Å². The molecule has 0 aliphatic heterocycles. The average Bonchev–Trinajstić information content (AvgIpc) is 2.38. The van der Waals surface area contributed by atoms with Crippen LogP contribution in [-0.4, -0.2) is 42.0 Å². The predicted octanol–water partition coefficient (Wildman–Crippen LogP) is 2.03. The van der Waals surface area contributed by atoms with Crippen molar-refractivity contribution in [1.29, 1.82) is 0 Å². The van der Waals surface area contributed by atoms with Crippen molar-refractivity contribution < 1.29 is 24.5 Å². The first kappa shape index (κ1) is 16.8. The van der Waals surface area contributed by atoms with Gasteiger partial charge in [0.1, 0.15) is 11.3 Å². The van der Waals surface area contributed by atoms with Crippen LogP contribution in [0.25, 0.3) is 0 Å². The predicted molar refractivity (Wildman–Crippen MR) is 77.8 cm³/mol. The van der Waals surface area contributed by atoms with E-state index in [2.05, 4.69) is 10.6 Å². The lowest BCUT2D eigenvalue weighted by Crippen LogP contribution is -2.40. The lowest BCUT2D eigenvalue weighted by molar-refractivity contribution is 0.0694. The van der Waals surface area contributed by atoms with Crippen LogP contribution in [0, 0.1) is 0 Å². The lowest BCUT2D eigenvalue weighted by atomic mass is 10.2. The number of aromatic carboxylic acids is 1. The monoisotopic (exact) mass is 296 g/mol. The largest absolute Gasteiger partial charge is 0.507 e. The summed E-state index contributed by atoms with van der Waals surface area (Å²) < 4.78 is 5.02. The number of carbonyl (C=O) groups excluding carboxylic acids is 1. The normalized spacial score (nSPS) is 11.7. The molecular formula is C14H20N2O5. The van der Waals surface area contributed by atoms with Gasteiger partial charge in [-0.3, -0.25) is 0 Å². The molecule has 116 valence electrons. The van der Waals surface area contributed by atoms with Gasteiger partial charge < -0.3 is 25.6 Å². The molecule has 1 rings (SSSR count). The average molecular weight is 296 g/mol. The summed E-state index contributed by atoms with van der Waals surface area (Å²) in [5.41, 5.74) is 0.0897. The number of anilines is 1. The van der Waals surface area contributed by atoms with E-state index in [-0.39, 0.29) is 11.6 Å². The number of benzene rings is 1. The topological polar surface area (TPSA) is 108 Å². The van der Waals surface area contributed by atoms with Crippen molar-refractivity contribution in [3.05, 3.63) is 23.8 Å². The van der Waals surface area contributed by atoms with E-state index in [1.807, 2.05) is 6.92 Å². The number of hydrogen-bond donors (Lipinski definition) is 4. The molecule has 1 atom stereocenters. The first-order valence-electron chi connectivity index (χ1n) is 6.60. The molecule has 1 aromatic carbocycles. The molecule has 7 nitrogen and oxygen atoms in total. The number of nitrogens with one attached hydrogen (secondary N) is 2. The Bertz CT molecular complexity index is 498. The molecule has 0 spiro atoms. The lowest BCUT2D eigenvalue weighted by Gasteiger charge is -2.17. The molecule has 2 amide bonds. The van der Waals surface area contributed by atoms with E-state index in [4.69, 9.17) is 9.84 Å². The third-order valence-electron chi connectivity index (χ3n) is 2.83. The van der Waals surface area contributed by atoms with Crippen molar-refractivity contribution in [2.45, 2.75) is 25.8 Å². The number of rotatable bonds is 7. The molecule has 1 unspecified atom stereocenters. The number of ether oxygens (including phenoxy) is 1. The van der Waals surface area contributed by atoms with Gasteiger partial charge in [-0.25, -0.2) is 9.59 Å². The molecule has 7 heteroatoms. The van der Waals surface area contributed by atoms with Crippen LogP contribution in [0.15, 0.2) is 18.2 Å². The second-order valence-corrected chi connectivity index (χ2v) is 4.58. The van der Waals surface area contributed by atoms with E-state index in [1.165, 1.54) is 18.2 Å². The van der Waals surface area contributed by atoms with Crippen molar-refractivity contribution in [2.75, 3.05) is 19.0 Å². The van der Waals surface area contributed by atoms with E-state index in [1.54, 1.807) is 7.11 Å². The quantitative estimate of drug-likeness (QED) is 0.615. The minimum atomic E-state index is -1.23. The van der Waals surface area contributed by atoms with E-state index < -0.39 is 17.7 Å². The van der Waals surface area contributed by atoms with Gasteiger partial charge in [0.2, 0.25) is 0 Å². The number of aromatic hydroxyl groups is 1. The van der Waals surface area contributed by atoms with Gasteiger partial charge in [-0.1, -0.05) is 13.3 Å². The highest BCUT2D eigenvalue weighted by Crippen LogP contribution is 2.21. The van der Waals surface area contributed by atoms with E-state index in [0.29, 0.717) is 12.3 Å². The number of urea groups is 1. The Hall–Kier alpha value is -2.28. The fraction of sp³-hybridized carbons (Fsp3) is 0.429. The first-order chi connectivity index (χ1) is 9.97. The van der Waals surface area contributed by atoms with Crippen LogP contribution in [-0.2, 0) is 4.74 Å². The fourth-order valence-corrected chi connectivity index (χ4v) is 1.89. The highest BCUT2D eigenvalue weighted by molar-refractivity contribution is 5.94. The molecule has 0 saturated heterocycles. The maximum absolute atomic E-state index is 11.8. The second kappa shape index (κ2) is 8.11. The van der Waals surface area contributed by atoms with Gasteiger partial charge >= 0.3 is 12.0 Å². The SMILES string of the molecule is CCCC(COC)NC(=O)Nc1ccc(C(=O)O)c(O)c1. The number of carboxylic acid groups (broad SMARTS) is 1. The van der Waals surface area contributed by atoms with Crippen molar-refractivity contribution in [3.8, 4) is 5.75 Å². The summed E-state index contributed by atoms with van der Waals surface area (Å²) in [5, 5.41) is 23.6. The smallest absolute Gasteiger partial charge is 0.339 e. The minimum absolute atomic E-state index is 0.105. The summed E-state index contributed by atoms with van der Waals surface area (Å²) in [6, 6.07) is 3.29. The Kier molecular flexibility index (Phi) is 6.48. The summed E-state index contributed by atoms with van der Waals surface area (Å²) >= 11 is 0. The van der Waals surface area contributed by atoms with E-state index in [9.17, 15) is 14.7 Å². The Morgan fingerprint density at radius 1 is 1.38 bits per heavy atom. The van der Waals surface area contributed by atoms with Crippen molar-refractivity contribution in [1.82, 2.24) is 5.32 Å². The summed E-state index contributed by atoms with van der Waals surface area (Å²) in [6.07, 6.45) is 1.69. The molecule has 21 heavy (non-hydrogen) atoms. The Labute approximate surface area is 122 Å². The zero-order valence-electron chi connectivity index (χ0n) is 12.0. The standard InChI is InChI=1S/C14H20N2O5/c1-3-4-10(8-21-2)16-14(20)15-9-5-6-11(13(18)19)12(17)7-9/h5-7,10,17H,3-4,8H2,1-2H3,(H,18,19)(H2,15,16,20). The zero-order valence-corrected chi connectivity index (χ0v) is 12.0. The number of amides is 2. The van der Waals surface area contributed by atoms with Crippen LogP contribution in [0.3, 0.4) is 0 Å². The van der Waals surface area contributed by atoms with Crippen LogP contribution in [0.4, 0.5) is 10.5 Å². The number of phenols is 1. The summed E-state index contributed by atoms with van der Waals surface area (Å²) in [7, 11) is 1.56. The molecule has 0 aliphatic carbocycles. The van der Waals surface area contributed by atoms with Crippen LogP contribution in [0.1, 0.15) is 30.1 Å². The number of carboxylic acids is 1. The van der Waals surface area contributed by atoms with Crippen LogP contribution >= 0.6 is 0 Å². The Morgan fingerprint density at radius 2 is 2.10 bits per heavy atom. The molecule has 0 heterocycles. The fourth-order valence-electron chi connectivity index (χ4n) is 1.89. The molecule has 4 N–H and O–H groups in total. The van der Waals surface area contributed by atoms with Crippen molar-refractivity contribution in [3.63, 3.8) is 0 Å². The van der Waals surface area contributed by atoms with Gasteiger partial charge in [-0.15, -0.1) is 0 Å². The number of carbonyl (C=O) groups is 2. The van der Waals surface area contributed by atoms with E-state index >= 15 is 0 Å². The van der Waals surface area contributed by atoms with E-state index in [0.717, 1.165) is 12.8 Å². The van der Waals surface area contributed by atoms with Crippen LogP contribution in [0.2, 0.25) is 0 Å². The highest BCUT2D eigenvalue weighted by atomic mass is 16.5. The summed E-state index contributed by atoms with van der Waals surface area (Å²) in [4.78, 5) is 22.6. The zero-order chi connectivity index (χ0) is 15.8. The Morgan fingerprint density at radius 3 is 2.62 bits per heavy atom. The third-order valence-corrected chi connectivity index (χ3v) is 2.83. The maximum Gasteiger partial charge on any atom is 0.339 e. The molecule has 0 radical (unpaired) electrons. The van der Waals surface area contributed by atoms with Gasteiger partial charge in [-0.2, -0.15) is 0 Å². The molecular weight excluding hydrogens is 276 g/mol. The first-order valence-corrected chi connectivity index (χ1v) is 6.60. The summed E-state index contributed by atoms with van der Waals surface area (Å²) in [6.45, 7) is 2.41. The van der Waals surface area contributed by atoms with Gasteiger partial charge in [-0.05, 0) is 18.6 Å². The third kappa shape index (κ3) is 5.31. The number of methoxy groups -OCH3 is 1. The van der Waals surface area contributed by atoms with Gasteiger partial charge in [0.15, 0.2) is 0 Å². The van der Waals surface area contributed by atoms with Crippen molar-refractivity contribution >= 4 is 17.7 Å². The molecule has 0 bridgehead atoms.